The number of rotatable bonds is 3. The zero-order chi connectivity index (χ0) is 11.8. The highest BCUT2D eigenvalue weighted by Gasteiger charge is 2.10. The molecule has 1 aromatic carbocycles. The number of furan rings is 1. The molecule has 0 bridgehead atoms. The number of benzene rings is 1. The first kappa shape index (κ1) is 11.5. The fraction of sp³-hybridized carbons (Fsp3) is 0.273. The lowest BCUT2D eigenvalue weighted by molar-refractivity contribution is 0.574. The van der Waals surface area contributed by atoms with Gasteiger partial charge in [0.2, 0.25) is 9.05 Å². The molecule has 2 aromatic rings. The Hall–Kier alpha value is -1.00. The van der Waals surface area contributed by atoms with E-state index < -0.39 is 9.05 Å². The lowest BCUT2D eigenvalue weighted by Crippen LogP contribution is -2.01. The fourth-order valence-electron chi connectivity index (χ4n) is 1.68. The summed E-state index contributed by atoms with van der Waals surface area (Å²) in [5, 5.41) is 0.988. The van der Waals surface area contributed by atoms with E-state index in [4.69, 9.17) is 15.1 Å². The molecule has 0 radical (unpaired) electrons. The minimum Gasteiger partial charge on any atom is -0.461 e. The molecule has 0 saturated carbocycles. The Morgan fingerprint density at radius 2 is 2.12 bits per heavy atom. The summed E-state index contributed by atoms with van der Waals surface area (Å²) in [6.07, 6.45) is 0.371. The maximum atomic E-state index is 10.9. The van der Waals surface area contributed by atoms with Gasteiger partial charge in [-0.3, -0.25) is 0 Å². The number of halogens is 1. The summed E-state index contributed by atoms with van der Waals surface area (Å²) in [5.74, 6) is 0.740. The highest BCUT2D eigenvalue weighted by Crippen LogP contribution is 2.23. The lowest BCUT2D eigenvalue weighted by atomic mass is 10.1. The molecular weight excluding hydrogens is 248 g/mol. The summed E-state index contributed by atoms with van der Waals surface area (Å²) in [4.78, 5) is 0. The quantitative estimate of drug-likeness (QED) is 0.796. The molecule has 0 saturated heterocycles. The minimum atomic E-state index is -3.45. The molecule has 0 aliphatic rings. The second kappa shape index (κ2) is 4.11. The topological polar surface area (TPSA) is 47.3 Å². The van der Waals surface area contributed by atoms with Gasteiger partial charge in [-0.1, -0.05) is 18.2 Å². The van der Waals surface area contributed by atoms with Gasteiger partial charge >= 0.3 is 0 Å². The van der Waals surface area contributed by atoms with Gasteiger partial charge in [0.15, 0.2) is 0 Å². The van der Waals surface area contributed by atoms with E-state index in [9.17, 15) is 8.42 Å². The van der Waals surface area contributed by atoms with E-state index in [2.05, 4.69) is 0 Å². The maximum absolute atomic E-state index is 10.9. The number of fused-ring (bicyclic) bond motifs is 1. The Balaban J connectivity index is 2.37. The highest BCUT2D eigenvalue weighted by atomic mass is 35.7. The van der Waals surface area contributed by atoms with Crippen molar-refractivity contribution in [3.63, 3.8) is 0 Å². The molecule has 3 nitrogen and oxygen atoms in total. The van der Waals surface area contributed by atoms with E-state index in [1.807, 2.05) is 31.2 Å². The number of hydrogen-bond donors (Lipinski definition) is 0. The lowest BCUT2D eigenvalue weighted by Gasteiger charge is -2.00. The average Bonchev–Trinajstić information content (AvgIpc) is 2.54. The second-order valence-corrected chi connectivity index (χ2v) is 6.58. The van der Waals surface area contributed by atoms with Crippen LogP contribution < -0.4 is 0 Å². The average molecular weight is 259 g/mol. The van der Waals surface area contributed by atoms with E-state index >= 15 is 0 Å². The summed E-state index contributed by atoms with van der Waals surface area (Å²) < 4.78 is 27.3. The molecule has 86 valence electrons. The van der Waals surface area contributed by atoms with Crippen molar-refractivity contribution in [2.24, 2.45) is 0 Å². The first-order chi connectivity index (χ1) is 7.46. The summed E-state index contributed by atoms with van der Waals surface area (Å²) in [7, 11) is 1.73. The Kier molecular flexibility index (Phi) is 2.95. The third kappa shape index (κ3) is 2.57. The largest absolute Gasteiger partial charge is 0.461 e. The molecule has 5 heteroatoms. The van der Waals surface area contributed by atoms with Crippen LogP contribution in [0.4, 0.5) is 0 Å². The van der Waals surface area contributed by atoms with Gasteiger partial charge in [-0.15, -0.1) is 0 Å². The van der Waals surface area contributed by atoms with Crippen molar-refractivity contribution in [2.75, 3.05) is 5.75 Å². The predicted molar refractivity (Wildman–Crippen MR) is 64.3 cm³/mol. The van der Waals surface area contributed by atoms with Crippen LogP contribution in [0.5, 0.6) is 0 Å². The standard InChI is InChI=1S/C11H11ClO3S/c1-8-7-10-4-2-3-9(11(10)15-8)5-6-16(12,13)14/h2-4,7H,5-6H2,1H3. The van der Waals surface area contributed by atoms with Gasteiger partial charge in [0.25, 0.3) is 0 Å². The van der Waals surface area contributed by atoms with Gasteiger partial charge in [0.1, 0.15) is 11.3 Å². The van der Waals surface area contributed by atoms with Crippen molar-refractivity contribution in [1.82, 2.24) is 0 Å². The van der Waals surface area contributed by atoms with E-state index in [1.54, 1.807) is 0 Å². The van der Waals surface area contributed by atoms with Gasteiger partial charge in [0.05, 0.1) is 5.75 Å². The minimum absolute atomic E-state index is 0.0760. The normalized spacial score (nSPS) is 12.1. The van der Waals surface area contributed by atoms with Crippen molar-refractivity contribution in [2.45, 2.75) is 13.3 Å². The van der Waals surface area contributed by atoms with Crippen LogP contribution in [0.15, 0.2) is 28.7 Å². The Bertz CT molecular complexity index is 613. The summed E-state index contributed by atoms with van der Waals surface area (Å²) in [6.45, 7) is 1.86. The Labute approximate surface area is 98.4 Å². The molecule has 0 N–H and O–H groups in total. The van der Waals surface area contributed by atoms with E-state index in [-0.39, 0.29) is 5.75 Å². The van der Waals surface area contributed by atoms with Crippen molar-refractivity contribution < 1.29 is 12.8 Å². The molecule has 2 rings (SSSR count). The molecule has 0 unspecified atom stereocenters. The monoisotopic (exact) mass is 258 g/mol. The molecule has 0 aliphatic carbocycles. The van der Waals surface area contributed by atoms with Gasteiger partial charge in [0, 0.05) is 16.1 Å². The van der Waals surface area contributed by atoms with Gasteiger partial charge < -0.3 is 4.42 Å². The molecule has 0 amide bonds. The molecular formula is C11H11ClO3S. The van der Waals surface area contributed by atoms with Crippen LogP contribution in [0.2, 0.25) is 0 Å². The Morgan fingerprint density at radius 3 is 2.81 bits per heavy atom. The smallest absolute Gasteiger partial charge is 0.232 e. The summed E-state index contributed by atoms with van der Waals surface area (Å²) in [5.41, 5.74) is 1.62. The third-order valence-corrected chi connectivity index (χ3v) is 3.52. The molecule has 0 atom stereocenters. The van der Waals surface area contributed by atoms with Crippen LogP contribution >= 0.6 is 10.7 Å². The van der Waals surface area contributed by atoms with E-state index in [0.717, 1.165) is 22.3 Å². The van der Waals surface area contributed by atoms with E-state index in [0.29, 0.717) is 6.42 Å². The number of hydrogen-bond acceptors (Lipinski definition) is 3. The van der Waals surface area contributed by atoms with Crippen LogP contribution in [0, 0.1) is 6.92 Å². The SMILES string of the molecule is Cc1cc2cccc(CCS(=O)(=O)Cl)c2o1. The first-order valence-electron chi connectivity index (χ1n) is 4.86. The van der Waals surface area contributed by atoms with Crippen molar-refractivity contribution in [3.05, 3.63) is 35.6 Å². The zero-order valence-corrected chi connectivity index (χ0v) is 10.3. The molecule has 0 fully saturated rings. The molecule has 1 heterocycles. The van der Waals surface area contributed by atoms with Crippen LogP contribution in [-0.2, 0) is 15.5 Å². The predicted octanol–water partition coefficient (Wildman–Crippen LogP) is 2.85. The molecule has 0 aliphatic heterocycles. The molecule has 0 spiro atoms. The van der Waals surface area contributed by atoms with Crippen molar-refractivity contribution in [3.8, 4) is 0 Å². The maximum Gasteiger partial charge on any atom is 0.232 e. The molecule has 16 heavy (non-hydrogen) atoms. The second-order valence-electron chi connectivity index (χ2n) is 3.69. The highest BCUT2D eigenvalue weighted by molar-refractivity contribution is 8.13. The first-order valence-corrected chi connectivity index (χ1v) is 7.34. The van der Waals surface area contributed by atoms with Crippen molar-refractivity contribution >= 4 is 30.7 Å². The van der Waals surface area contributed by atoms with Crippen LogP contribution in [0.1, 0.15) is 11.3 Å². The Morgan fingerprint density at radius 1 is 1.38 bits per heavy atom. The van der Waals surface area contributed by atoms with E-state index in [1.165, 1.54) is 0 Å². The molecule has 1 aromatic heterocycles. The van der Waals surface area contributed by atoms with Crippen LogP contribution in [0.25, 0.3) is 11.0 Å². The van der Waals surface area contributed by atoms with Gasteiger partial charge in [-0.2, -0.15) is 0 Å². The zero-order valence-electron chi connectivity index (χ0n) is 8.73. The van der Waals surface area contributed by atoms with Crippen LogP contribution in [-0.4, -0.2) is 14.2 Å². The summed E-state index contributed by atoms with van der Waals surface area (Å²) >= 11 is 0. The number of aryl methyl sites for hydroxylation is 2. The summed E-state index contributed by atoms with van der Waals surface area (Å²) in [6, 6.07) is 7.60. The van der Waals surface area contributed by atoms with Crippen molar-refractivity contribution in [1.29, 1.82) is 0 Å². The van der Waals surface area contributed by atoms with Crippen LogP contribution in [0.3, 0.4) is 0 Å². The third-order valence-electron chi connectivity index (χ3n) is 2.36. The van der Waals surface area contributed by atoms with Gasteiger partial charge in [-0.05, 0) is 25.0 Å². The number of para-hydroxylation sites is 1. The fourth-order valence-corrected chi connectivity index (χ4v) is 2.38. The van der Waals surface area contributed by atoms with Gasteiger partial charge in [-0.25, -0.2) is 8.42 Å².